The molecular weight excluding hydrogens is 430 g/mol. The Balaban J connectivity index is 2.05. The predicted molar refractivity (Wildman–Crippen MR) is 116 cm³/mol. The molecule has 8 nitrogen and oxygen atoms in total. The Morgan fingerprint density at radius 2 is 2.00 bits per heavy atom. The van der Waals surface area contributed by atoms with Gasteiger partial charge < -0.3 is 20.1 Å². The van der Waals surface area contributed by atoms with Gasteiger partial charge in [-0.25, -0.2) is 9.69 Å². The smallest absolute Gasteiger partial charge is 0.327 e. The van der Waals surface area contributed by atoms with Crippen LogP contribution in [-0.2, 0) is 11.8 Å². The number of amides is 2. The van der Waals surface area contributed by atoms with Crippen molar-refractivity contribution in [2.45, 2.75) is 6.42 Å². The van der Waals surface area contributed by atoms with Crippen LogP contribution in [0.25, 0.3) is 11.1 Å². The molecule has 0 atom stereocenters. The normalized spacial score (nSPS) is 10.6. The number of carboxylic acid groups (broad SMARTS) is 1. The summed E-state index contributed by atoms with van der Waals surface area (Å²) in [4.78, 5) is 37.4. The van der Waals surface area contributed by atoms with Crippen LogP contribution in [0.1, 0.15) is 6.42 Å². The van der Waals surface area contributed by atoms with Gasteiger partial charge in [-0.3, -0.25) is 9.59 Å². The monoisotopic (exact) mass is 447 g/mol. The van der Waals surface area contributed by atoms with Gasteiger partial charge in [0.1, 0.15) is 10.8 Å². The number of aromatic hydroxyl groups is 1. The van der Waals surface area contributed by atoms with Crippen LogP contribution in [0.3, 0.4) is 0 Å². The number of thiophene rings is 1. The minimum absolute atomic E-state index is 0.134. The van der Waals surface area contributed by atoms with E-state index in [0.29, 0.717) is 10.0 Å². The Hall–Kier alpha value is -3.30. The molecule has 2 heterocycles. The Kier molecular flexibility index (Phi) is 6.43. The van der Waals surface area contributed by atoms with E-state index in [2.05, 4.69) is 5.32 Å². The number of halogens is 1. The summed E-state index contributed by atoms with van der Waals surface area (Å²) < 4.78 is 1.23. The summed E-state index contributed by atoms with van der Waals surface area (Å²) in [5, 5.41) is 24.3. The number of benzene rings is 1. The molecule has 0 unspecified atom stereocenters. The van der Waals surface area contributed by atoms with Crippen LogP contribution in [0.15, 0.2) is 52.8 Å². The SMILES string of the molecule is Cn1ccc(O)c(N(C(=O)NCCC(=O)O)c2cc(-c3cccc(Cl)c3)cs2)c1=O. The highest BCUT2D eigenvalue weighted by Crippen LogP contribution is 2.37. The fourth-order valence-electron chi connectivity index (χ4n) is 2.74. The molecule has 3 N–H and O–H groups in total. The van der Waals surface area contributed by atoms with Gasteiger partial charge in [0.15, 0.2) is 5.69 Å². The number of carbonyl (C=O) groups excluding carboxylic acids is 1. The molecule has 2 aromatic heterocycles. The van der Waals surface area contributed by atoms with E-state index in [1.165, 1.54) is 35.2 Å². The fourth-order valence-corrected chi connectivity index (χ4v) is 3.86. The van der Waals surface area contributed by atoms with Gasteiger partial charge in [-0.2, -0.15) is 0 Å². The highest BCUT2D eigenvalue weighted by atomic mass is 35.5. The van der Waals surface area contributed by atoms with Gasteiger partial charge in [-0.05, 0) is 35.4 Å². The minimum atomic E-state index is -1.07. The largest absolute Gasteiger partial charge is 0.505 e. The molecule has 0 aliphatic rings. The number of urea groups is 1. The zero-order chi connectivity index (χ0) is 21.8. The lowest BCUT2D eigenvalue weighted by atomic mass is 10.1. The molecule has 0 spiro atoms. The zero-order valence-corrected chi connectivity index (χ0v) is 17.4. The first-order valence-corrected chi connectivity index (χ1v) is 10.1. The van der Waals surface area contributed by atoms with E-state index in [1.807, 2.05) is 6.07 Å². The minimum Gasteiger partial charge on any atom is -0.505 e. The van der Waals surface area contributed by atoms with Gasteiger partial charge >= 0.3 is 12.0 Å². The van der Waals surface area contributed by atoms with Crippen molar-refractivity contribution >= 4 is 45.6 Å². The molecule has 3 rings (SSSR count). The summed E-state index contributed by atoms with van der Waals surface area (Å²) in [6, 6.07) is 9.43. The van der Waals surface area contributed by atoms with Crippen molar-refractivity contribution in [3.63, 3.8) is 0 Å². The molecule has 156 valence electrons. The van der Waals surface area contributed by atoms with Crippen molar-refractivity contribution in [3.05, 3.63) is 63.4 Å². The van der Waals surface area contributed by atoms with Gasteiger partial charge in [0.25, 0.3) is 5.56 Å². The Labute approximate surface area is 180 Å². The number of aryl methyl sites for hydroxylation is 1. The van der Waals surface area contributed by atoms with Gasteiger partial charge in [-0.1, -0.05) is 23.7 Å². The summed E-state index contributed by atoms with van der Waals surface area (Å²) in [5.74, 6) is -1.44. The number of aromatic nitrogens is 1. The van der Waals surface area contributed by atoms with Crippen molar-refractivity contribution in [3.8, 4) is 16.9 Å². The Morgan fingerprint density at radius 3 is 2.70 bits per heavy atom. The lowest BCUT2D eigenvalue weighted by Crippen LogP contribution is -2.40. The third kappa shape index (κ3) is 4.64. The molecule has 0 aliphatic heterocycles. The molecule has 0 fully saturated rings. The highest BCUT2D eigenvalue weighted by molar-refractivity contribution is 7.14. The molecule has 0 saturated carbocycles. The van der Waals surface area contributed by atoms with Gasteiger partial charge in [0, 0.05) is 30.2 Å². The predicted octanol–water partition coefficient (Wildman–Crippen LogP) is 3.80. The van der Waals surface area contributed by atoms with Crippen molar-refractivity contribution in [2.24, 2.45) is 7.05 Å². The maximum atomic E-state index is 12.9. The maximum Gasteiger partial charge on any atom is 0.327 e. The van der Waals surface area contributed by atoms with E-state index in [9.17, 15) is 19.5 Å². The standard InChI is InChI=1S/C20H18ClN3O5S/c1-23-8-6-15(25)18(19(23)28)24(20(29)22-7-5-17(26)27)16-10-13(11-30-16)12-3-2-4-14(21)9-12/h2-4,6,8-11,25H,5,7H2,1H3,(H,22,29)(H,26,27). The molecule has 0 bridgehead atoms. The average Bonchev–Trinajstić information content (AvgIpc) is 3.17. The molecule has 0 saturated heterocycles. The second-order valence-corrected chi connectivity index (χ2v) is 7.69. The topological polar surface area (TPSA) is 112 Å². The number of aliphatic carboxylic acids is 1. The van der Waals surface area contributed by atoms with Gasteiger partial charge in [-0.15, -0.1) is 11.3 Å². The van der Waals surface area contributed by atoms with Crippen molar-refractivity contribution < 1.29 is 19.8 Å². The van der Waals surface area contributed by atoms with Crippen LogP contribution < -0.4 is 15.8 Å². The molecule has 1 aromatic carbocycles. The number of pyridine rings is 1. The number of carbonyl (C=O) groups is 2. The van der Waals surface area contributed by atoms with Crippen LogP contribution in [0.5, 0.6) is 5.75 Å². The van der Waals surface area contributed by atoms with Gasteiger partial charge in [0.05, 0.1) is 6.42 Å². The van der Waals surface area contributed by atoms with E-state index in [4.69, 9.17) is 16.7 Å². The average molecular weight is 448 g/mol. The third-order valence-corrected chi connectivity index (χ3v) is 5.38. The van der Waals surface area contributed by atoms with Crippen LogP contribution in [0.2, 0.25) is 5.02 Å². The summed E-state index contributed by atoms with van der Waals surface area (Å²) >= 11 is 7.25. The summed E-state index contributed by atoms with van der Waals surface area (Å²) in [6.07, 6.45) is 1.10. The van der Waals surface area contributed by atoms with E-state index in [1.54, 1.807) is 29.6 Å². The fraction of sp³-hybridized carbons (Fsp3) is 0.150. The number of carboxylic acids is 1. The number of nitrogens with zero attached hydrogens (tertiary/aromatic N) is 2. The van der Waals surface area contributed by atoms with Crippen molar-refractivity contribution in [2.75, 3.05) is 11.4 Å². The van der Waals surface area contributed by atoms with Crippen LogP contribution in [0.4, 0.5) is 15.5 Å². The molecule has 3 aromatic rings. The zero-order valence-electron chi connectivity index (χ0n) is 15.8. The van der Waals surface area contributed by atoms with Crippen molar-refractivity contribution in [1.82, 2.24) is 9.88 Å². The van der Waals surface area contributed by atoms with Crippen LogP contribution >= 0.6 is 22.9 Å². The number of rotatable bonds is 6. The lowest BCUT2D eigenvalue weighted by Gasteiger charge is -2.22. The molecule has 10 heteroatoms. The number of anilines is 2. The first-order chi connectivity index (χ1) is 14.3. The highest BCUT2D eigenvalue weighted by Gasteiger charge is 2.26. The number of hydrogen-bond acceptors (Lipinski definition) is 5. The molecule has 2 amide bonds. The van der Waals surface area contributed by atoms with Gasteiger partial charge in [0.2, 0.25) is 0 Å². The first-order valence-electron chi connectivity index (χ1n) is 8.80. The number of hydrogen-bond donors (Lipinski definition) is 3. The van der Waals surface area contributed by atoms with E-state index >= 15 is 0 Å². The quantitative estimate of drug-likeness (QED) is 0.532. The number of nitrogens with one attached hydrogen (secondary N) is 1. The summed E-state index contributed by atoms with van der Waals surface area (Å²) in [6.45, 7) is -0.134. The van der Waals surface area contributed by atoms with Crippen LogP contribution in [0, 0.1) is 0 Å². The first kappa shape index (κ1) is 21.4. The van der Waals surface area contributed by atoms with Crippen molar-refractivity contribution in [1.29, 1.82) is 0 Å². The Morgan fingerprint density at radius 1 is 1.23 bits per heavy atom. The van der Waals surface area contributed by atoms with E-state index < -0.39 is 17.6 Å². The van der Waals surface area contributed by atoms with E-state index in [-0.39, 0.29) is 24.4 Å². The second kappa shape index (κ2) is 9.02. The molecule has 0 radical (unpaired) electrons. The third-order valence-electron chi connectivity index (χ3n) is 4.23. The Bertz CT molecular complexity index is 1160. The molecular formula is C20H18ClN3O5S. The summed E-state index contributed by atoms with van der Waals surface area (Å²) in [7, 11) is 1.50. The second-order valence-electron chi connectivity index (χ2n) is 6.36. The lowest BCUT2D eigenvalue weighted by molar-refractivity contribution is -0.136. The molecule has 30 heavy (non-hydrogen) atoms. The molecule has 0 aliphatic carbocycles. The van der Waals surface area contributed by atoms with E-state index in [0.717, 1.165) is 16.0 Å². The van der Waals surface area contributed by atoms with Crippen LogP contribution in [-0.4, -0.2) is 33.3 Å². The maximum absolute atomic E-state index is 12.9. The summed E-state index contributed by atoms with van der Waals surface area (Å²) in [5.41, 5.74) is 0.780.